The molecule has 0 spiro atoms. The lowest BCUT2D eigenvalue weighted by Gasteiger charge is -2.21. The maximum absolute atomic E-state index is 12.2. The zero-order chi connectivity index (χ0) is 16.8. The first kappa shape index (κ1) is 16.7. The van der Waals surface area contributed by atoms with E-state index in [1.54, 1.807) is 11.1 Å². The summed E-state index contributed by atoms with van der Waals surface area (Å²) < 4.78 is 0. The number of anilines is 1. The summed E-state index contributed by atoms with van der Waals surface area (Å²) >= 11 is 0. The third kappa shape index (κ3) is 4.64. The van der Waals surface area contributed by atoms with Crippen LogP contribution in [0.2, 0.25) is 0 Å². The fourth-order valence-corrected chi connectivity index (χ4v) is 2.15. The molecule has 0 aliphatic carbocycles. The number of urea groups is 1. The number of aryl methyl sites for hydroxylation is 1. The van der Waals surface area contributed by atoms with Crippen LogP contribution in [-0.2, 0) is 0 Å². The number of amides is 2. The summed E-state index contributed by atoms with van der Waals surface area (Å²) in [5, 5.41) is 2.89. The van der Waals surface area contributed by atoms with Crippen molar-refractivity contribution in [2.45, 2.75) is 20.8 Å². The molecule has 5 nitrogen and oxygen atoms in total. The highest BCUT2D eigenvalue weighted by atomic mass is 16.2. The number of rotatable bonds is 5. The fourth-order valence-electron chi connectivity index (χ4n) is 2.15. The fraction of sp³-hybridized carbons (Fsp3) is 0.278. The average molecular weight is 310 g/mol. The Morgan fingerprint density at radius 3 is 2.52 bits per heavy atom. The second-order valence-corrected chi connectivity index (χ2v) is 5.50. The monoisotopic (exact) mass is 310 g/mol. The summed E-state index contributed by atoms with van der Waals surface area (Å²) in [5.41, 5.74) is 3.53. The smallest absolute Gasteiger partial charge is 0.321 e. The lowest BCUT2D eigenvalue weighted by molar-refractivity contribution is 0.218. The maximum atomic E-state index is 12.2. The molecule has 2 rings (SSSR count). The van der Waals surface area contributed by atoms with E-state index in [1.165, 1.54) is 0 Å². The van der Waals surface area contributed by atoms with E-state index in [-0.39, 0.29) is 6.03 Å². The molecule has 0 saturated carbocycles. The predicted molar refractivity (Wildman–Crippen MR) is 93.3 cm³/mol. The summed E-state index contributed by atoms with van der Waals surface area (Å²) in [6.45, 7) is 10.8. The molecule has 1 aromatic heterocycles. The Morgan fingerprint density at radius 1 is 1.26 bits per heavy atom. The highest BCUT2D eigenvalue weighted by Crippen LogP contribution is 2.18. The van der Waals surface area contributed by atoms with Crippen LogP contribution in [0.3, 0.4) is 0 Å². The molecule has 0 unspecified atom stereocenters. The van der Waals surface area contributed by atoms with Gasteiger partial charge in [0.05, 0.1) is 0 Å². The topological polar surface area (TPSA) is 58.1 Å². The Labute approximate surface area is 137 Å². The second kappa shape index (κ2) is 7.54. The Hall–Kier alpha value is -2.69. The first-order valence-corrected chi connectivity index (χ1v) is 7.60. The number of carbonyl (C=O) groups excluding carboxylic acids is 1. The summed E-state index contributed by atoms with van der Waals surface area (Å²) in [5.74, 6) is 0.681. The summed E-state index contributed by atoms with van der Waals surface area (Å²) in [4.78, 5) is 22.6. The van der Waals surface area contributed by atoms with Crippen LogP contribution in [0.1, 0.15) is 19.5 Å². The van der Waals surface area contributed by atoms with Crippen molar-refractivity contribution in [2.75, 3.05) is 18.4 Å². The van der Waals surface area contributed by atoms with E-state index < -0.39 is 0 Å². The van der Waals surface area contributed by atoms with Crippen molar-refractivity contribution in [3.63, 3.8) is 0 Å². The van der Waals surface area contributed by atoms with Gasteiger partial charge in [0.2, 0.25) is 0 Å². The molecule has 0 saturated heterocycles. The van der Waals surface area contributed by atoms with Gasteiger partial charge in [0.15, 0.2) is 5.82 Å². The van der Waals surface area contributed by atoms with Crippen molar-refractivity contribution in [1.29, 1.82) is 0 Å². The van der Waals surface area contributed by atoms with Crippen LogP contribution in [0.4, 0.5) is 10.5 Å². The number of nitrogens with zero attached hydrogens (tertiary/aromatic N) is 3. The van der Waals surface area contributed by atoms with Crippen molar-refractivity contribution in [3.05, 3.63) is 54.4 Å². The molecule has 1 heterocycles. The van der Waals surface area contributed by atoms with Crippen molar-refractivity contribution >= 4 is 11.7 Å². The maximum Gasteiger partial charge on any atom is 0.322 e. The van der Waals surface area contributed by atoms with Crippen LogP contribution in [0.15, 0.2) is 48.7 Å². The van der Waals surface area contributed by atoms with Gasteiger partial charge in [0, 0.05) is 36.2 Å². The number of hydrogen-bond acceptors (Lipinski definition) is 3. The van der Waals surface area contributed by atoms with Crippen LogP contribution in [0.25, 0.3) is 11.4 Å². The summed E-state index contributed by atoms with van der Waals surface area (Å²) in [6, 6.07) is 9.24. The molecule has 2 amide bonds. The molecular formula is C18H22N4O. The van der Waals surface area contributed by atoms with E-state index in [0.29, 0.717) is 18.9 Å². The van der Waals surface area contributed by atoms with Gasteiger partial charge in [-0.05, 0) is 51.1 Å². The molecule has 0 radical (unpaired) electrons. The summed E-state index contributed by atoms with van der Waals surface area (Å²) in [7, 11) is 0. The minimum absolute atomic E-state index is 0.130. The van der Waals surface area contributed by atoms with Crippen LogP contribution in [-0.4, -0.2) is 34.0 Å². The molecule has 0 fully saturated rings. The molecule has 0 bridgehead atoms. The van der Waals surface area contributed by atoms with Gasteiger partial charge in [-0.15, -0.1) is 0 Å². The minimum atomic E-state index is -0.130. The number of benzene rings is 1. The van der Waals surface area contributed by atoms with E-state index >= 15 is 0 Å². The third-order valence-electron chi connectivity index (χ3n) is 3.32. The number of aromatic nitrogens is 2. The first-order chi connectivity index (χ1) is 11.0. The van der Waals surface area contributed by atoms with Crippen LogP contribution in [0.5, 0.6) is 0 Å². The van der Waals surface area contributed by atoms with Crippen molar-refractivity contribution in [2.24, 2.45) is 0 Å². The highest BCUT2D eigenvalue weighted by Gasteiger charge is 2.11. The standard InChI is InChI=1S/C18H22N4O/c1-5-22(12-13(2)3)18(23)21-16-8-6-15(7-9-16)17-19-11-10-14(4)20-17/h6-11H,2,5,12H2,1,3-4H3,(H,21,23). The normalized spacial score (nSPS) is 10.2. The van der Waals surface area contributed by atoms with Crippen LogP contribution >= 0.6 is 0 Å². The zero-order valence-corrected chi connectivity index (χ0v) is 13.8. The molecule has 5 heteroatoms. The quantitative estimate of drug-likeness (QED) is 0.853. The van der Waals surface area contributed by atoms with E-state index in [1.807, 2.05) is 51.1 Å². The van der Waals surface area contributed by atoms with E-state index in [0.717, 1.165) is 22.5 Å². The van der Waals surface area contributed by atoms with Crippen molar-refractivity contribution < 1.29 is 4.79 Å². The number of carbonyl (C=O) groups is 1. The molecule has 1 N–H and O–H groups in total. The molecule has 0 aliphatic rings. The molecule has 23 heavy (non-hydrogen) atoms. The molecule has 120 valence electrons. The lowest BCUT2D eigenvalue weighted by atomic mass is 10.2. The Kier molecular flexibility index (Phi) is 5.46. The van der Waals surface area contributed by atoms with Gasteiger partial charge in [0.25, 0.3) is 0 Å². The van der Waals surface area contributed by atoms with Crippen LogP contribution in [0, 0.1) is 6.92 Å². The van der Waals surface area contributed by atoms with Gasteiger partial charge >= 0.3 is 6.03 Å². The Balaban J connectivity index is 2.08. The Morgan fingerprint density at radius 2 is 1.96 bits per heavy atom. The van der Waals surface area contributed by atoms with Gasteiger partial charge in [-0.25, -0.2) is 14.8 Å². The van der Waals surface area contributed by atoms with Gasteiger partial charge in [-0.2, -0.15) is 0 Å². The lowest BCUT2D eigenvalue weighted by Crippen LogP contribution is -2.35. The Bertz CT molecular complexity index is 694. The minimum Gasteiger partial charge on any atom is -0.321 e. The molecular weight excluding hydrogens is 288 g/mol. The van der Waals surface area contributed by atoms with Gasteiger partial charge in [-0.1, -0.05) is 12.2 Å². The third-order valence-corrected chi connectivity index (χ3v) is 3.32. The predicted octanol–water partition coefficient (Wildman–Crippen LogP) is 3.88. The number of likely N-dealkylation sites (N-methyl/N-ethyl adjacent to an activating group) is 1. The van der Waals surface area contributed by atoms with E-state index in [4.69, 9.17) is 0 Å². The SMILES string of the molecule is C=C(C)CN(CC)C(=O)Nc1ccc(-c2nccc(C)n2)cc1. The second-order valence-electron chi connectivity index (χ2n) is 5.50. The summed E-state index contributed by atoms with van der Waals surface area (Å²) in [6.07, 6.45) is 1.74. The largest absolute Gasteiger partial charge is 0.322 e. The highest BCUT2D eigenvalue weighted by molar-refractivity contribution is 5.89. The van der Waals surface area contributed by atoms with E-state index in [9.17, 15) is 4.79 Å². The average Bonchev–Trinajstić information content (AvgIpc) is 2.53. The first-order valence-electron chi connectivity index (χ1n) is 7.60. The molecule has 2 aromatic rings. The van der Waals surface area contributed by atoms with Gasteiger partial charge < -0.3 is 10.2 Å². The molecule has 1 aromatic carbocycles. The van der Waals surface area contributed by atoms with Gasteiger partial charge in [-0.3, -0.25) is 0 Å². The van der Waals surface area contributed by atoms with E-state index in [2.05, 4.69) is 21.9 Å². The van der Waals surface area contributed by atoms with Crippen molar-refractivity contribution in [3.8, 4) is 11.4 Å². The number of hydrogen-bond donors (Lipinski definition) is 1. The number of nitrogens with one attached hydrogen (secondary N) is 1. The van der Waals surface area contributed by atoms with Crippen LogP contribution < -0.4 is 5.32 Å². The van der Waals surface area contributed by atoms with Gasteiger partial charge in [0.1, 0.15) is 0 Å². The molecule has 0 aliphatic heterocycles. The zero-order valence-electron chi connectivity index (χ0n) is 13.8. The van der Waals surface area contributed by atoms with Crippen molar-refractivity contribution in [1.82, 2.24) is 14.9 Å². The molecule has 0 atom stereocenters.